The minimum atomic E-state index is -0.153. The molecule has 8 fully saturated rings. The van der Waals surface area contributed by atoms with Gasteiger partial charge in [0, 0.05) is 10.8 Å². The molecular weight excluding hydrogens is 809 g/mol. The molecule has 0 radical (unpaired) electrons. The minimum Gasteiger partial charge on any atom is -0.462 e. The summed E-state index contributed by atoms with van der Waals surface area (Å²) in [5.41, 5.74) is 1.02. The quantitative estimate of drug-likeness (QED) is 0.136. The Hall–Kier alpha value is -1.06. The highest BCUT2D eigenvalue weighted by atomic mass is 16.6. The van der Waals surface area contributed by atoms with E-state index >= 15 is 0 Å². The lowest BCUT2D eigenvalue weighted by atomic mass is 9.44. The summed E-state index contributed by atoms with van der Waals surface area (Å²) in [5, 5.41) is 0. The fourth-order valence-electron chi connectivity index (χ4n) is 20.9. The lowest BCUT2D eigenvalue weighted by Gasteiger charge is -2.62. The molecule has 0 heterocycles. The van der Waals surface area contributed by atoms with E-state index in [1.54, 1.807) is 0 Å². The molecule has 0 aromatic carbocycles. The molecule has 0 bridgehead atoms. The van der Waals surface area contributed by atoms with E-state index in [2.05, 4.69) is 83.1 Å². The molecule has 4 nitrogen and oxygen atoms in total. The van der Waals surface area contributed by atoms with Gasteiger partial charge in [-0.15, -0.1) is 0 Å². The largest absolute Gasteiger partial charge is 0.462 e. The van der Waals surface area contributed by atoms with E-state index in [1.165, 1.54) is 128 Å². The van der Waals surface area contributed by atoms with Crippen LogP contribution in [0.3, 0.4) is 0 Å². The maximum absolute atomic E-state index is 14.0. The Labute approximate surface area is 408 Å². The SMILES string of the molecule is CC[C@H](CC[C@@H](C)[C@H]1CC[C@H]2[C@H]3CCC4CCCC(OC(=O)CCC(=O)OC5CCCC6CC[C@H]7[C@H](CC[C@]8(C)[C@@H]([C@H](C)CC[C@@H](CC)C(C)C)CC[C@@H]78)[C@]65C)[C@]4(C)[C@H]3CC[C@]12C)C(C)C. The molecule has 20 atom stereocenters. The molecule has 0 N–H and O–H groups in total. The Bertz CT molecular complexity index is 1520. The van der Waals surface area contributed by atoms with Gasteiger partial charge in [-0.2, -0.15) is 0 Å². The van der Waals surface area contributed by atoms with Crippen molar-refractivity contribution in [2.75, 3.05) is 0 Å². The molecule has 0 aliphatic heterocycles. The van der Waals surface area contributed by atoms with E-state index in [0.717, 1.165) is 96.7 Å². The van der Waals surface area contributed by atoms with Crippen molar-refractivity contribution in [2.45, 2.75) is 262 Å². The first-order valence-electron chi connectivity index (χ1n) is 29.8. The summed E-state index contributed by atoms with van der Waals surface area (Å²) in [7, 11) is 0. The number of carbonyl (C=O) groups is 2. The molecule has 8 saturated carbocycles. The summed E-state index contributed by atoms with van der Waals surface area (Å²) < 4.78 is 13.4. The third kappa shape index (κ3) is 9.21. The third-order valence-corrected chi connectivity index (χ3v) is 24.9. The lowest BCUT2D eigenvalue weighted by molar-refractivity contribution is -0.196. The van der Waals surface area contributed by atoms with Crippen LogP contribution < -0.4 is 0 Å². The predicted molar refractivity (Wildman–Crippen MR) is 273 cm³/mol. The molecule has 0 spiro atoms. The van der Waals surface area contributed by atoms with Crippen molar-refractivity contribution in [1.29, 1.82) is 0 Å². The van der Waals surface area contributed by atoms with E-state index in [1.807, 2.05) is 0 Å². The summed E-state index contributed by atoms with van der Waals surface area (Å²) in [6.07, 6.45) is 31.7. The van der Waals surface area contributed by atoms with Crippen molar-refractivity contribution >= 4 is 11.9 Å². The van der Waals surface area contributed by atoms with E-state index in [0.29, 0.717) is 34.5 Å². The maximum Gasteiger partial charge on any atom is 0.306 e. The van der Waals surface area contributed by atoms with Crippen LogP contribution in [0.15, 0.2) is 0 Å². The summed E-state index contributed by atoms with van der Waals surface area (Å²) in [6.45, 7) is 30.2. The zero-order valence-electron chi connectivity index (χ0n) is 45.4. The van der Waals surface area contributed by atoms with Crippen molar-refractivity contribution in [3.8, 4) is 0 Å². The first-order chi connectivity index (χ1) is 31.4. The van der Waals surface area contributed by atoms with Gasteiger partial charge in [-0.3, -0.25) is 9.59 Å². The summed E-state index contributed by atoms with van der Waals surface area (Å²) in [6, 6.07) is 0. The van der Waals surface area contributed by atoms with Crippen LogP contribution in [0.25, 0.3) is 0 Å². The van der Waals surface area contributed by atoms with Gasteiger partial charge in [0.1, 0.15) is 12.2 Å². The van der Waals surface area contributed by atoms with E-state index in [-0.39, 0.29) is 47.8 Å². The van der Waals surface area contributed by atoms with Crippen LogP contribution in [0.2, 0.25) is 0 Å². The molecule has 8 aliphatic carbocycles. The molecule has 4 heteroatoms. The van der Waals surface area contributed by atoms with Gasteiger partial charge in [0.15, 0.2) is 0 Å². The number of rotatable bonds is 17. The van der Waals surface area contributed by atoms with E-state index in [9.17, 15) is 9.59 Å². The highest BCUT2D eigenvalue weighted by molar-refractivity contribution is 5.78. The lowest BCUT2D eigenvalue weighted by Crippen LogP contribution is -2.58. The van der Waals surface area contributed by atoms with Gasteiger partial charge in [-0.05, 0) is 234 Å². The first-order valence-corrected chi connectivity index (χ1v) is 29.8. The second-order valence-corrected chi connectivity index (χ2v) is 27.7. The van der Waals surface area contributed by atoms with E-state index in [4.69, 9.17) is 9.47 Å². The second kappa shape index (κ2) is 20.6. The molecule has 0 aromatic rings. The molecule has 378 valence electrons. The number of fused-ring (bicyclic) bond motifs is 10. The van der Waals surface area contributed by atoms with Crippen molar-refractivity contribution in [1.82, 2.24) is 0 Å². The number of esters is 2. The zero-order chi connectivity index (χ0) is 47.3. The van der Waals surface area contributed by atoms with Gasteiger partial charge < -0.3 is 9.47 Å². The van der Waals surface area contributed by atoms with Gasteiger partial charge in [0.25, 0.3) is 0 Å². The number of hydrogen-bond donors (Lipinski definition) is 0. The predicted octanol–water partition coefficient (Wildman–Crippen LogP) is 17.1. The van der Waals surface area contributed by atoms with Gasteiger partial charge in [0.05, 0.1) is 12.8 Å². The van der Waals surface area contributed by atoms with Gasteiger partial charge >= 0.3 is 11.9 Å². The highest BCUT2D eigenvalue weighted by Crippen LogP contribution is 2.71. The molecule has 4 unspecified atom stereocenters. The van der Waals surface area contributed by atoms with Crippen LogP contribution in [-0.2, 0) is 19.1 Å². The van der Waals surface area contributed by atoms with Crippen molar-refractivity contribution in [3.63, 3.8) is 0 Å². The fraction of sp³-hybridized carbons (Fsp3) is 0.968. The zero-order valence-corrected chi connectivity index (χ0v) is 45.4. The second-order valence-electron chi connectivity index (χ2n) is 27.7. The summed E-state index contributed by atoms with van der Waals surface area (Å²) in [5.74, 6) is 12.1. The summed E-state index contributed by atoms with van der Waals surface area (Å²) >= 11 is 0. The van der Waals surface area contributed by atoms with Crippen LogP contribution in [0, 0.1) is 116 Å². The average molecular weight is 916 g/mol. The molecule has 8 aliphatic rings. The number of hydrogen-bond acceptors (Lipinski definition) is 4. The van der Waals surface area contributed by atoms with Crippen LogP contribution in [0.5, 0.6) is 0 Å². The highest BCUT2D eigenvalue weighted by Gasteiger charge is 2.65. The van der Waals surface area contributed by atoms with Crippen LogP contribution >= 0.6 is 0 Å². The topological polar surface area (TPSA) is 52.6 Å². The molecule has 8 rings (SSSR count). The van der Waals surface area contributed by atoms with Crippen LogP contribution in [0.4, 0.5) is 0 Å². The van der Waals surface area contributed by atoms with Crippen molar-refractivity contribution in [3.05, 3.63) is 0 Å². The Morgan fingerprint density at radius 1 is 0.470 bits per heavy atom. The Morgan fingerprint density at radius 3 is 1.23 bits per heavy atom. The van der Waals surface area contributed by atoms with Gasteiger partial charge in [-0.1, -0.05) is 109 Å². The molecule has 0 amide bonds. The van der Waals surface area contributed by atoms with Gasteiger partial charge in [-0.25, -0.2) is 0 Å². The van der Waals surface area contributed by atoms with Crippen molar-refractivity contribution < 1.29 is 19.1 Å². The van der Waals surface area contributed by atoms with Crippen LogP contribution in [0.1, 0.15) is 250 Å². The normalized spacial score (nSPS) is 44.8. The molecule has 66 heavy (non-hydrogen) atoms. The first kappa shape index (κ1) is 51.3. The fourth-order valence-corrected chi connectivity index (χ4v) is 20.9. The number of carbonyl (C=O) groups excluding carboxylic acids is 2. The Kier molecular flexibility index (Phi) is 16.0. The van der Waals surface area contributed by atoms with Gasteiger partial charge in [0.2, 0.25) is 0 Å². The number of ether oxygens (including phenoxy) is 2. The molecule has 0 saturated heterocycles. The smallest absolute Gasteiger partial charge is 0.306 e. The van der Waals surface area contributed by atoms with Crippen molar-refractivity contribution in [2.24, 2.45) is 116 Å². The molecular formula is C62H106O4. The minimum absolute atomic E-state index is 0.0179. The maximum atomic E-state index is 14.0. The monoisotopic (exact) mass is 915 g/mol. The summed E-state index contributed by atoms with van der Waals surface area (Å²) in [4.78, 5) is 28.0. The molecule has 0 aromatic heterocycles. The Balaban J connectivity index is 0.866. The third-order valence-electron chi connectivity index (χ3n) is 24.9. The Morgan fingerprint density at radius 2 is 0.864 bits per heavy atom. The van der Waals surface area contributed by atoms with Crippen LogP contribution in [-0.4, -0.2) is 24.1 Å². The average Bonchev–Trinajstić information content (AvgIpc) is 3.83. The standard InChI is InChI=1S/C62H106O4/c1-13-43(39(3)4)23-21-41(7)49-29-31-51-47-27-25-45-17-15-19-55(61(45,11)53(47)35-37-59(49,51)9)65-57(63)33-34-58(64)66-56-20-16-18-46-26-28-48-52-32-30-50(42(8)22-24-44(14-2)40(5)6)60(52,10)38-36-54(48)62(46,56)12/h39-56H,13-38H2,1-12H3/t41-,42-,43-,44-,45?,46?,47-,48-,49-,50-,51+,52+,53+,54+,55?,56?,59-,60-,61+,62+/m1/s1. The van der Waals surface area contributed by atoms with E-state index < -0.39 is 0 Å².